The fourth-order valence-electron chi connectivity index (χ4n) is 4.74. The Morgan fingerprint density at radius 3 is 2.76 bits per heavy atom. The second-order valence-electron chi connectivity index (χ2n) is 8.85. The molecule has 0 atom stereocenters. The quantitative estimate of drug-likeness (QED) is 0.474. The molecule has 0 amide bonds. The summed E-state index contributed by atoms with van der Waals surface area (Å²) >= 11 is 1.70. The van der Waals surface area contributed by atoms with Gasteiger partial charge in [-0.05, 0) is 42.8 Å². The number of thiophene rings is 1. The first kappa shape index (κ1) is 21.2. The molecule has 4 aromatic rings. The first-order chi connectivity index (χ1) is 16.7. The number of nitrogens with zero attached hydrogens (tertiary/aromatic N) is 5. The van der Waals surface area contributed by atoms with E-state index in [4.69, 9.17) is 10.1 Å². The molecule has 34 heavy (non-hydrogen) atoms. The van der Waals surface area contributed by atoms with Crippen molar-refractivity contribution in [3.8, 4) is 16.3 Å². The summed E-state index contributed by atoms with van der Waals surface area (Å²) in [6, 6.07) is 14.3. The Hall–Kier alpha value is -3.36. The molecule has 0 fully saturated rings. The lowest BCUT2D eigenvalue weighted by atomic mass is 10.0. The Labute approximate surface area is 201 Å². The molecule has 0 saturated heterocycles. The Balaban J connectivity index is 1.28. The van der Waals surface area contributed by atoms with Crippen LogP contribution in [-0.4, -0.2) is 43.4 Å². The molecule has 7 nitrogen and oxygen atoms in total. The number of rotatable bonds is 5. The van der Waals surface area contributed by atoms with Crippen molar-refractivity contribution in [2.75, 3.05) is 13.1 Å². The Morgan fingerprint density at radius 1 is 1.06 bits per heavy atom. The molecule has 1 aromatic carbocycles. The van der Waals surface area contributed by atoms with Gasteiger partial charge < -0.3 is 4.98 Å². The second-order valence-corrected chi connectivity index (χ2v) is 9.79. The SMILES string of the molecule is O=c1[nH]c(C2=NCCCC2)nc2c1CN(Cc1cn(-c3ccccc3)nc1-c1cccs1)CC2. The minimum absolute atomic E-state index is 0.0311. The largest absolute Gasteiger partial charge is 0.305 e. The summed E-state index contributed by atoms with van der Waals surface area (Å²) in [5, 5.41) is 7.00. The summed E-state index contributed by atoms with van der Waals surface area (Å²) < 4.78 is 1.95. The second kappa shape index (κ2) is 9.12. The lowest BCUT2D eigenvalue weighted by Crippen LogP contribution is -2.36. The third-order valence-corrected chi connectivity index (χ3v) is 7.38. The molecule has 8 heteroatoms. The molecular formula is C26H26N6OS. The topological polar surface area (TPSA) is 79.2 Å². The fourth-order valence-corrected chi connectivity index (χ4v) is 5.49. The van der Waals surface area contributed by atoms with Crippen molar-refractivity contribution in [2.24, 2.45) is 4.99 Å². The maximum absolute atomic E-state index is 13.0. The predicted octanol–water partition coefficient (Wildman–Crippen LogP) is 4.22. The zero-order valence-electron chi connectivity index (χ0n) is 18.9. The van der Waals surface area contributed by atoms with Crippen LogP contribution < -0.4 is 5.56 Å². The smallest absolute Gasteiger partial charge is 0.255 e. The number of fused-ring (bicyclic) bond motifs is 1. The van der Waals surface area contributed by atoms with Crippen molar-refractivity contribution in [3.63, 3.8) is 0 Å². The monoisotopic (exact) mass is 470 g/mol. The molecule has 2 aliphatic heterocycles. The number of para-hydroxylation sites is 1. The first-order valence-electron chi connectivity index (χ1n) is 11.8. The van der Waals surface area contributed by atoms with E-state index < -0.39 is 0 Å². The average Bonchev–Trinajstić information content (AvgIpc) is 3.56. The van der Waals surface area contributed by atoms with Gasteiger partial charge in [0.05, 0.1) is 27.5 Å². The van der Waals surface area contributed by atoms with Gasteiger partial charge in [0, 0.05) is 44.4 Å². The van der Waals surface area contributed by atoms with Crippen LogP contribution in [0.25, 0.3) is 16.3 Å². The van der Waals surface area contributed by atoms with Gasteiger partial charge in [-0.3, -0.25) is 14.7 Å². The van der Waals surface area contributed by atoms with Crippen LogP contribution >= 0.6 is 11.3 Å². The number of benzene rings is 1. The van der Waals surface area contributed by atoms with Gasteiger partial charge in [0.2, 0.25) is 0 Å². The molecule has 0 spiro atoms. The highest BCUT2D eigenvalue weighted by Gasteiger charge is 2.24. The Morgan fingerprint density at radius 2 is 1.97 bits per heavy atom. The maximum atomic E-state index is 13.0. The van der Waals surface area contributed by atoms with Crippen molar-refractivity contribution >= 4 is 17.0 Å². The fraction of sp³-hybridized carbons (Fsp3) is 0.308. The Bertz CT molecular complexity index is 1390. The number of aliphatic imine (C=N–C) groups is 1. The van der Waals surface area contributed by atoms with E-state index in [0.29, 0.717) is 12.4 Å². The molecule has 6 rings (SSSR count). The van der Waals surface area contributed by atoms with Crippen molar-refractivity contribution < 1.29 is 0 Å². The molecule has 5 heterocycles. The molecule has 0 saturated carbocycles. The van der Waals surface area contributed by atoms with Crippen LogP contribution in [-0.2, 0) is 19.5 Å². The normalized spacial score (nSPS) is 16.3. The van der Waals surface area contributed by atoms with E-state index >= 15 is 0 Å². The average molecular weight is 471 g/mol. The highest BCUT2D eigenvalue weighted by molar-refractivity contribution is 7.13. The van der Waals surface area contributed by atoms with Gasteiger partial charge in [0.1, 0.15) is 5.69 Å². The van der Waals surface area contributed by atoms with E-state index in [2.05, 4.69) is 50.7 Å². The highest BCUT2D eigenvalue weighted by atomic mass is 32.1. The van der Waals surface area contributed by atoms with Crippen LogP contribution in [0.2, 0.25) is 0 Å². The number of H-pyrrole nitrogens is 1. The van der Waals surface area contributed by atoms with Gasteiger partial charge in [0.25, 0.3) is 5.56 Å². The van der Waals surface area contributed by atoms with Gasteiger partial charge in [0.15, 0.2) is 5.82 Å². The van der Waals surface area contributed by atoms with E-state index in [9.17, 15) is 4.79 Å². The van der Waals surface area contributed by atoms with E-state index in [-0.39, 0.29) is 5.56 Å². The van der Waals surface area contributed by atoms with Crippen LogP contribution in [0.5, 0.6) is 0 Å². The Kier molecular flexibility index (Phi) is 5.68. The van der Waals surface area contributed by atoms with Crippen LogP contribution in [0.3, 0.4) is 0 Å². The maximum Gasteiger partial charge on any atom is 0.255 e. The molecule has 172 valence electrons. The summed E-state index contributed by atoms with van der Waals surface area (Å²) in [5.74, 6) is 0.668. The number of aromatic nitrogens is 4. The molecule has 2 aliphatic rings. The van der Waals surface area contributed by atoms with Crippen LogP contribution in [0.15, 0.2) is 63.8 Å². The predicted molar refractivity (Wildman–Crippen MR) is 135 cm³/mol. The van der Waals surface area contributed by atoms with E-state index in [1.165, 1.54) is 0 Å². The summed E-state index contributed by atoms with van der Waals surface area (Å²) in [7, 11) is 0. The number of nitrogens with one attached hydrogen (secondary N) is 1. The first-order valence-corrected chi connectivity index (χ1v) is 12.7. The van der Waals surface area contributed by atoms with Gasteiger partial charge in [-0.2, -0.15) is 5.10 Å². The van der Waals surface area contributed by atoms with Crippen molar-refractivity contribution in [1.29, 1.82) is 0 Å². The third-order valence-electron chi connectivity index (χ3n) is 6.50. The number of hydrogen-bond donors (Lipinski definition) is 1. The molecule has 0 bridgehead atoms. The summed E-state index contributed by atoms with van der Waals surface area (Å²) in [6.45, 7) is 3.00. The van der Waals surface area contributed by atoms with Crippen molar-refractivity contribution in [2.45, 2.75) is 38.8 Å². The van der Waals surface area contributed by atoms with Gasteiger partial charge in [-0.1, -0.05) is 24.3 Å². The van der Waals surface area contributed by atoms with Gasteiger partial charge >= 0.3 is 0 Å². The minimum atomic E-state index is -0.0311. The molecule has 0 radical (unpaired) electrons. The lowest BCUT2D eigenvalue weighted by molar-refractivity contribution is 0.242. The van der Waals surface area contributed by atoms with Crippen LogP contribution in [0.1, 0.15) is 41.9 Å². The molecule has 0 unspecified atom stereocenters. The molecular weight excluding hydrogens is 444 g/mol. The zero-order valence-corrected chi connectivity index (χ0v) is 19.7. The number of aromatic amines is 1. The van der Waals surface area contributed by atoms with Crippen LogP contribution in [0, 0.1) is 0 Å². The van der Waals surface area contributed by atoms with Gasteiger partial charge in [-0.25, -0.2) is 9.67 Å². The molecule has 1 N–H and O–H groups in total. The summed E-state index contributed by atoms with van der Waals surface area (Å²) in [6.07, 6.45) is 6.00. The summed E-state index contributed by atoms with van der Waals surface area (Å²) in [5.41, 5.74) is 5.81. The highest BCUT2D eigenvalue weighted by Crippen LogP contribution is 2.29. The van der Waals surface area contributed by atoms with Crippen molar-refractivity contribution in [1.82, 2.24) is 24.6 Å². The van der Waals surface area contributed by atoms with E-state index in [1.807, 2.05) is 22.9 Å². The van der Waals surface area contributed by atoms with Gasteiger partial charge in [-0.15, -0.1) is 11.3 Å². The lowest BCUT2D eigenvalue weighted by Gasteiger charge is -2.27. The zero-order chi connectivity index (χ0) is 22.9. The minimum Gasteiger partial charge on any atom is -0.305 e. The van der Waals surface area contributed by atoms with Crippen molar-refractivity contribution in [3.05, 3.63) is 87.0 Å². The van der Waals surface area contributed by atoms with Crippen LogP contribution in [0.4, 0.5) is 0 Å². The summed E-state index contributed by atoms with van der Waals surface area (Å²) in [4.78, 5) is 28.9. The third kappa shape index (κ3) is 4.15. The number of hydrogen-bond acceptors (Lipinski definition) is 6. The standard InChI is InChI=1S/C26H26N6OS/c33-26-20-17-31(13-11-21(20)28-25(29-26)22-9-4-5-12-27-22)15-18-16-32(19-7-2-1-3-8-19)30-24(18)23-10-6-14-34-23/h1-3,6-8,10,14,16H,4-5,9,11-13,15,17H2,(H,28,29,33). The molecule has 0 aliphatic carbocycles. The van der Waals surface area contributed by atoms with E-state index in [0.717, 1.165) is 84.1 Å². The van der Waals surface area contributed by atoms with E-state index in [1.54, 1.807) is 11.3 Å². The molecule has 3 aromatic heterocycles.